The van der Waals surface area contributed by atoms with Gasteiger partial charge in [0, 0.05) is 33.6 Å². The van der Waals surface area contributed by atoms with Crippen LogP contribution in [-0.2, 0) is 0 Å². The predicted molar refractivity (Wildman–Crippen MR) is 144 cm³/mol. The summed E-state index contributed by atoms with van der Waals surface area (Å²) in [6.07, 6.45) is 17.5. The van der Waals surface area contributed by atoms with Gasteiger partial charge in [-0.15, -0.1) is 0 Å². The van der Waals surface area contributed by atoms with Crippen LogP contribution in [0.3, 0.4) is 0 Å². The first-order valence-corrected chi connectivity index (χ1v) is 14.0. The van der Waals surface area contributed by atoms with E-state index in [0.29, 0.717) is 32.9 Å². The van der Waals surface area contributed by atoms with E-state index >= 15 is 0 Å². The minimum absolute atomic E-state index is 0.113. The molecule has 0 saturated heterocycles. The zero-order valence-corrected chi connectivity index (χ0v) is 22.4. The topological polar surface area (TPSA) is 80.5 Å². The van der Waals surface area contributed by atoms with E-state index in [4.69, 9.17) is 0 Å². The number of hydrogen-bond acceptors (Lipinski definition) is 4. The van der Waals surface area contributed by atoms with Gasteiger partial charge in [-0.1, -0.05) is 90.4 Å². The Morgan fingerprint density at radius 1 is 0.714 bits per heavy atom. The fourth-order valence-corrected chi connectivity index (χ4v) is 5.53. The molecule has 0 aromatic heterocycles. The van der Waals surface area contributed by atoms with Crippen LogP contribution in [0.5, 0.6) is 0 Å². The van der Waals surface area contributed by atoms with Crippen LogP contribution in [0.25, 0.3) is 10.8 Å². The lowest BCUT2D eigenvalue weighted by Gasteiger charge is -2.27. The molecule has 2 aromatic carbocycles. The minimum Gasteiger partial charge on any atom is -0.274 e. The molecule has 0 atom stereocenters. The van der Waals surface area contributed by atoms with Crippen LogP contribution in [0.4, 0.5) is 5.69 Å². The highest BCUT2D eigenvalue weighted by Crippen LogP contribution is 2.39. The van der Waals surface area contributed by atoms with Gasteiger partial charge in [-0.3, -0.25) is 24.6 Å². The highest BCUT2D eigenvalue weighted by Gasteiger charge is 2.35. The monoisotopic (exact) mass is 544 g/mol. The van der Waals surface area contributed by atoms with E-state index in [2.05, 4.69) is 22.9 Å². The number of imide groups is 1. The number of carbonyl (C=O) groups is 2. The van der Waals surface area contributed by atoms with Gasteiger partial charge in [0.15, 0.2) is 0 Å². The number of nitro benzene ring substituents is 1. The molecule has 0 radical (unpaired) electrons. The standard InChI is InChI=1S/C28H37BrN2O4/c1-2-3-4-5-6-7-8-9-10-11-12-13-14-15-20-30-27(32)21-16-18-23(29)26-24(31(34)35)19-17-22(25(21)26)28(30)33/h16-19H,2-15,20H2,1H3. The van der Waals surface area contributed by atoms with Crippen molar-refractivity contribution in [3.05, 3.63) is 50.0 Å². The molecule has 1 aliphatic rings. The summed E-state index contributed by atoms with van der Waals surface area (Å²) in [5.41, 5.74) is 0.595. The quantitative estimate of drug-likeness (QED) is 0.0916. The zero-order valence-electron chi connectivity index (χ0n) is 20.8. The van der Waals surface area contributed by atoms with Gasteiger partial charge in [-0.25, -0.2) is 0 Å². The Morgan fingerprint density at radius 3 is 1.66 bits per heavy atom. The second kappa shape index (κ2) is 13.7. The van der Waals surface area contributed by atoms with Crippen molar-refractivity contribution in [3.8, 4) is 0 Å². The van der Waals surface area contributed by atoms with Gasteiger partial charge < -0.3 is 0 Å². The molecular formula is C28H37BrN2O4. The van der Waals surface area contributed by atoms with Crippen LogP contribution in [0.2, 0.25) is 0 Å². The molecule has 1 aliphatic heterocycles. The molecule has 3 rings (SSSR count). The minimum atomic E-state index is -0.483. The van der Waals surface area contributed by atoms with E-state index in [0.717, 1.165) is 19.3 Å². The lowest BCUT2D eigenvalue weighted by molar-refractivity contribution is -0.383. The number of carbonyl (C=O) groups excluding carboxylic acids is 2. The molecule has 0 saturated carbocycles. The summed E-state index contributed by atoms with van der Waals surface area (Å²) >= 11 is 3.35. The Labute approximate surface area is 216 Å². The maximum atomic E-state index is 13.1. The van der Waals surface area contributed by atoms with E-state index in [1.807, 2.05) is 0 Å². The Kier molecular flexibility index (Phi) is 10.7. The van der Waals surface area contributed by atoms with Gasteiger partial charge in [0.1, 0.15) is 0 Å². The predicted octanol–water partition coefficient (Wildman–Crippen LogP) is 8.59. The van der Waals surface area contributed by atoms with Crippen molar-refractivity contribution in [2.45, 2.75) is 96.8 Å². The number of hydrogen-bond donors (Lipinski definition) is 0. The number of non-ortho nitro benzene ring substituents is 1. The Bertz CT molecular complexity index is 1030. The van der Waals surface area contributed by atoms with E-state index in [9.17, 15) is 19.7 Å². The zero-order chi connectivity index (χ0) is 25.2. The molecule has 0 N–H and O–H groups in total. The number of nitro groups is 1. The lowest BCUT2D eigenvalue weighted by Crippen LogP contribution is -2.40. The molecule has 0 spiro atoms. The number of nitrogens with zero attached hydrogens (tertiary/aromatic N) is 2. The first-order chi connectivity index (χ1) is 17.0. The third-order valence-electron chi connectivity index (χ3n) is 6.97. The number of rotatable bonds is 16. The third-order valence-corrected chi connectivity index (χ3v) is 7.63. The molecule has 0 fully saturated rings. The molecular weight excluding hydrogens is 508 g/mol. The summed E-state index contributed by atoms with van der Waals surface area (Å²) in [5, 5.41) is 12.2. The normalized spacial score (nSPS) is 13.1. The molecule has 6 nitrogen and oxygen atoms in total. The van der Waals surface area contributed by atoms with Gasteiger partial charge in [0.25, 0.3) is 17.5 Å². The summed E-state index contributed by atoms with van der Waals surface area (Å²) in [4.78, 5) is 38.5. The number of benzene rings is 2. The van der Waals surface area contributed by atoms with Crippen molar-refractivity contribution < 1.29 is 14.5 Å². The molecule has 190 valence electrons. The van der Waals surface area contributed by atoms with Crippen molar-refractivity contribution in [3.63, 3.8) is 0 Å². The fraction of sp³-hybridized carbons (Fsp3) is 0.571. The SMILES string of the molecule is CCCCCCCCCCCCCCCCN1C(=O)c2ccc(Br)c3c([N+](=O)[O-])ccc(c23)C1=O. The highest BCUT2D eigenvalue weighted by atomic mass is 79.9. The lowest BCUT2D eigenvalue weighted by atomic mass is 9.93. The summed E-state index contributed by atoms with van der Waals surface area (Å²) < 4.78 is 0.505. The molecule has 0 aliphatic carbocycles. The number of amides is 2. The van der Waals surface area contributed by atoms with Crippen molar-refractivity contribution in [1.29, 1.82) is 0 Å². The Hall–Kier alpha value is -2.28. The van der Waals surface area contributed by atoms with Crippen molar-refractivity contribution in [1.82, 2.24) is 4.90 Å². The van der Waals surface area contributed by atoms with E-state index in [1.54, 1.807) is 12.1 Å². The van der Waals surface area contributed by atoms with Crippen LogP contribution in [-0.4, -0.2) is 28.2 Å². The smallest absolute Gasteiger partial charge is 0.274 e. The fourth-order valence-electron chi connectivity index (χ4n) is 5.00. The molecule has 7 heteroatoms. The highest BCUT2D eigenvalue weighted by molar-refractivity contribution is 9.10. The molecule has 0 bridgehead atoms. The number of unbranched alkanes of at least 4 members (excludes halogenated alkanes) is 13. The first kappa shape index (κ1) is 27.3. The van der Waals surface area contributed by atoms with E-state index in [1.165, 1.54) is 87.7 Å². The van der Waals surface area contributed by atoms with E-state index < -0.39 is 4.92 Å². The molecule has 1 heterocycles. The van der Waals surface area contributed by atoms with Crippen molar-refractivity contribution in [2.24, 2.45) is 0 Å². The molecule has 35 heavy (non-hydrogen) atoms. The number of halogens is 1. The van der Waals surface area contributed by atoms with E-state index in [-0.39, 0.29) is 17.5 Å². The molecule has 0 unspecified atom stereocenters. The first-order valence-electron chi connectivity index (χ1n) is 13.2. The van der Waals surface area contributed by atoms with Crippen molar-refractivity contribution in [2.75, 3.05) is 6.54 Å². The van der Waals surface area contributed by atoms with Gasteiger partial charge in [-0.2, -0.15) is 0 Å². The molecule has 2 aromatic rings. The van der Waals surface area contributed by atoms with Crippen LogP contribution in [0, 0.1) is 10.1 Å². The summed E-state index contributed by atoms with van der Waals surface area (Å²) in [7, 11) is 0. The summed E-state index contributed by atoms with van der Waals surface area (Å²) in [5.74, 6) is -0.731. The van der Waals surface area contributed by atoms with Gasteiger partial charge in [-0.05, 0) is 40.5 Å². The van der Waals surface area contributed by atoms with Gasteiger partial charge in [0.2, 0.25) is 0 Å². The summed E-state index contributed by atoms with van der Waals surface area (Å²) in [6.45, 7) is 2.63. The molecule has 2 amide bonds. The van der Waals surface area contributed by atoms with Crippen molar-refractivity contribution >= 4 is 44.2 Å². The second-order valence-corrected chi connectivity index (χ2v) is 10.4. The second-order valence-electron chi connectivity index (χ2n) is 9.59. The Morgan fingerprint density at radius 2 is 1.17 bits per heavy atom. The largest absolute Gasteiger partial charge is 0.278 e. The van der Waals surface area contributed by atoms with Crippen LogP contribution in [0.1, 0.15) is 118 Å². The van der Waals surface area contributed by atoms with Crippen LogP contribution < -0.4 is 0 Å². The maximum Gasteiger partial charge on any atom is 0.278 e. The van der Waals surface area contributed by atoms with Crippen LogP contribution >= 0.6 is 15.9 Å². The Balaban J connectivity index is 1.42. The van der Waals surface area contributed by atoms with Crippen LogP contribution in [0.15, 0.2) is 28.7 Å². The average molecular weight is 546 g/mol. The summed E-state index contributed by atoms with van der Waals surface area (Å²) in [6, 6.07) is 6.12. The van der Waals surface area contributed by atoms with Gasteiger partial charge >= 0.3 is 0 Å². The maximum absolute atomic E-state index is 13.1. The third kappa shape index (κ3) is 6.90. The van der Waals surface area contributed by atoms with Gasteiger partial charge in [0.05, 0.1) is 10.3 Å². The average Bonchev–Trinajstić information content (AvgIpc) is 2.84.